The lowest BCUT2D eigenvalue weighted by Gasteiger charge is -2.21. The van der Waals surface area contributed by atoms with Crippen LogP contribution >= 0.6 is 0 Å². The van der Waals surface area contributed by atoms with Crippen LogP contribution in [0.3, 0.4) is 0 Å². The number of amides is 1. The molecule has 0 bridgehead atoms. The van der Waals surface area contributed by atoms with Crippen LogP contribution in [0.25, 0.3) is 0 Å². The quantitative estimate of drug-likeness (QED) is 0.843. The van der Waals surface area contributed by atoms with Gasteiger partial charge < -0.3 is 10.1 Å². The van der Waals surface area contributed by atoms with Gasteiger partial charge in [-0.25, -0.2) is 0 Å². The van der Waals surface area contributed by atoms with E-state index in [9.17, 15) is 4.79 Å². The number of carbonyl (C=O) groups excluding carboxylic acids is 1. The van der Waals surface area contributed by atoms with E-state index in [1.807, 2.05) is 56.3 Å². The van der Waals surface area contributed by atoms with E-state index in [1.165, 1.54) is 0 Å². The molecule has 2 aromatic rings. The first-order valence-corrected chi connectivity index (χ1v) is 8.91. The molecule has 0 saturated carbocycles. The molecular weight excluding hydrogens is 312 g/mol. The van der Waals surface area contributed by atoms with Crippen molar-refractivity contribution in [3.05, 3.63) is 65.2 Å². The average molecular weight is 338 g/mol. The predicted molar refractivity (Wildman–Crippen MR) is 101 cm³/mol. The van der Waals surface area contributed by atoms with Crippen LogP contribution in [0.1, 0.15) is 35.6 Å². The maximum absolute atomic E-state index is 12.9. The lowest BCUT2D eigenvalue weighted by atomic mass is 10.0. The Labute approximate surface area is 149 Å². The van der Waals surface area contributed by atoms with Gasteiger partial charge in [-0.1, -0.05) is 36.4 Å². The SMILES string of the molecule is Cc1cc(C)cc(NC(=O)[C@@H](NC[C@H]2CCCO2)c2ccccc2)c1. The van der Waals surface area contributed by atoms with Gasteiger partial charge in [0.05, 0.1) is 6.10 Å². The Bertz CT molecular complexity index is 689. The minimum Gasteiger partial charge on any atom is -0.377 e. The summed E-state index contributed by atoms with van der Waals surface area (Å²) in [6, 6.07) is 15.5. The van der Waals surface area contributed by atoms with Gasteiger partial charge >= 0.3 is 0 Å². The Morgan fingerprint density at radius 3 is 2.52 bits per heavy atom. The number of anilines is 1. The molecule has 2 aromatic carbocycles. The Kier molecular flexibility index (Phi) is 5.84. The zero-order valence-electron chi connectivity index (χ0n) is 14.9. The topological polar surface area (TPSA) is 50.4 Å². The van der Waals surface area contributed by atoms with Crippen LogP contribution < -0.4 is 10.6 Å². The molecule has 0 aromatic heterocycles. The van der Waals surface area contributed by atoms with Gasteiger partial charge in [-0.2, -0.15) is 0 Å². The molecule has 2 atom stereocenters. The van der Waals surface area contributed by atoms with Gasteiger partial charge in [-0.05, 0) is 55.5 Å². The fraction of sp³-hybridized carbons (Fsp3) is 0.381. The Morgan fingerprint density at radius 2 is 1.88 bits per heavy atom. The van der Waals surface area contributed by atoms with Gasteiger partial charge in [0.25, 0.3) is 0 Å². The highest BCUT2D eigenvalue weighted by molar-refractivity contribution is 5.95. The van der Waals surface area contributed by atoms with Gasteiger partial charge in [-0.3, -0.25) is 10.1 Å². The van der Waals surface area contributed by atoms with Crippen LogP contribution in [-0.4, -0.2) is 25.2 Å². The van der Waals surface area contributed by atoms with Crippen molar-refractivity contribution in [2.75, 3.05) is 18.5 Å². The Balaban J connectivity index is 1.73. The maximum atomic E-state index is 12.9. The van der Waals surface area contributed by atoms with Crippen molar-refractivity contribution in [2.45, 2.75) is 38.8 Å². The number of carbonyl (C=O) groups is 1. The van der Waals surface area contributed by atoms with Gasteiger partial charge in [0, 0.05) is 18.8 Å². The molecule has 2 N–H and O–H groups in total. The van der Waals surface area contributed by atoms with Crippen LogP contribution in [0.15, 0.2) is 48.5 Å². The highest BCUT2D eigenvalue weighted by Crippen LogP contribution is 2.19. The van der Waals surface area contributed by atoms with Crippen molar-refractivity contribution >= 4 is 11.6 Å². The number of benzene rings is 2. The minimum absolute atomic E-state index is 0.0470. The lowest BCUT2D eigenvalue weighted by Crippen LogP contribution is -2.37. The third kappa shape index (κ3) is 4.91. The smallest absolute Gasteiger partial charge is 0.246 e. The summed E-state index contributed by atoms with van der Waals surface area (Å²) < 4.78 is 5.67. The van der Waals surface area contributed by atoms with Crippen LogP contribution in [0.5, 0.6) is 0 Å². The van der Waals surface area contributed by atoms with E-state index in [1.54, 1.807) is 0 Å². The first-order chi connectivity index (χ1) is 12.1. The largest absolute Gasteiger partial charge is 0.377 e. The summed E-state index contributed by atoms with van der Waals surface area (Å²) in [6.07, 6.45) is 2.34. The summed E-state index contributed by atoms with van der Waals surface area (Å²) in [4.78, 5) is 12.9. The van der Waals surface area contributed by atoms with Gasteiger partial charge in [0.2, 0.25) is 5.91 Å². The molecule has 1 aliphatic rings. The Hall–Kier alpha value is -2.17. The molecule has 4 nitrogen and oxygen atoms in total. The number of hydrogen-bond acceptors (Lipinski definition) is 3. The number of aryl methyl sites for hydroxylation is 2. The number of ether oxygens (including phenoxy) is 1. The van der Waals surface area contributed by atoms with E-state index in [0.29, 0.717) is 6.54 Å². The molecular formula is C21H26N2O2. The normalized spacial score (nSPS) is 18.1. The van der Waals surface area contributed by atoms with E-state index < -0.39 is 6.04 Å². The molecule has 1 fully saturated rings. The molecule has 0 radical (unpaired) electrons. The highest BCUT2D eigenvalue weighted by Gasteiger charge is 2.23. The number of nitrogens with one attached hydrogen (secondary N) is 2. The molecule has 132 valence electrons. The first-order valence-electron chi connectivity index (χ1n) is 8.91. The molecule has 0 aliphatic carbocycles. The van der Waals surface area contributed by atoms with Crippen LogP contribution in [0.4, 0.5) is 5.69 Å². The standard InChI is InChI=1S/C21H26N2O2/c1-15-11-16(2)13-18(12-15)23-21(24)20(17-7-4-3-5-8-17)22-14-19-9-6-10-25-19/h3-5,7-8,11-13,19-20,22H,6,9-10,14H2,1-2H3,(H,23,24)/t19-,20+/m1/s1. The van der Waals surface area contributed by atoms with Crippen LogP contribution in [0.2, 0.25) is 0 Å². The van der Waals surface area contributed by atoms with Gasteiger partial charge in [0.15, 0.2) is 0 Å². The molecule has 1 saturated heterocycles. The third-order valence-corrected chi connectivity index (χ3v) is 4.46. The molecule has 0 unspecified atom stereocenters. The molecule has 0 spiro atoms. The second kappa shape index (κ2) is 8.28. The monoisotopic (exact) mass is 338 g/mol. The summed E-state index contributed by atoms with van der Waals surface area (Å²) in [5.74, 6) is -0.0470. The summed E-state index contributed by atoms with van der Waals surface area (Å²) in [7, 11) is 0. The van der Waals surface area contributed by atoms with Crippen molar-refractivity contribution in [2.24, 2.45) is 0 Å². The molecule has 3 rings (SSSR count). The van der Waals surface area contributed by atoms with Crippen molar-refractivity contribution < 1.29 is 9.53 Å². The maximum Gasteiger partial charge on any atom is 0.246 e. The third-order valence-electron chi connectivity index (χ3n) is 4.46. The Morgan fingerprint density at radius 1 is 1.16 bits per heavy atom. The van der Waals surface area contributed by atoms with E-state index >= 15 is 0 Å². The second-order valence-electron chi connectivity index (χ2n) is 6.75. The van der Waals surface area contributed by atoms with E-state index in [-0.39, 0.29) is 12.0 Å². The van der Waals surface area contributed by atoms with Crippen molar-refractivity contribution in [1.82, 2.24) is 5.32 Å². The molecule has 1 amide bonds. The van der Waals surface area contributed by atoms with Crippen LogP contribution in [0, 0.1) is 13.8 Å². The predicted octanol–water partition coefficient (Wildman–Crippen LogP) is 3.75. The minimum atomic E-state index is -0.397. The second-order valence-corrected chi connectivity index (χ2v) is 6.75. The van der Waals surface area contributed by atoms with Crippen molar-refractivity contribution in [3.8, 4) is 0 Å². The number of hydrogen-bond donors (Lipinski definition) is 2. The molecule has 25 heavy (non-hydrogen) atoms. The lowest BCUT2D eigenvalue weighted by molar-refractivity contribution is -0.118. The molecule has 1 aliphatic heterocycles. The molecule has 4 heteroatoms. The zero-order chi connectivity index (χ0) is 17.6. The average Bonchev–Trinajstić information content (AvgIpc) is 3.08. The summed E-state index contributed by atoms with van der Waals surface area (Å²) in [6.45, 7) is 5.57. The van der Waals surface area contributed by atoms with E-state index in [0.717, 1.165) is 41.8 Å². The van der Waals surface area contributed by atoms with Gasteiger partial charge in [0.1, 0.15) is 6.04 Å². The summed E-state index contributed by atoms with van der Waals surface area (Å²) in [5, 5.41) is 6.45. The highest BCUT2D eigenvalue weighted by atomic mass is 16.5. The van der Waals surface area contributed by atoms with Crippen molar-refractivity contribution in [3.63, 3.8) is 0 Å². The van der Waals surface area contributed by atoms with Crippen LogP contribution in [-0.2, 0) is 9.53 Å². The zero-order valence-corrected chi connectivity index (χ0v) is 14.9. The van der Waals surface area contributed by atoms with Crippen molar-refractivity contribution in [1.29, 1.82) is 0 Å². The van der Waals surface area contributed by atoms with Gasteiger partial charge in [-0.15, -0.1) is 0 Å². The number of rotatable bonds is 6. The molecule has 1 heterocycles. The first kappa shape index (κ1) is 17.6. The fourth-order valence-corrected chi connectivity index (χ4v) is 3.32. The summed E-state index contributed by atoms with van der Waals surface area (Å²) in [5.41, 5.74) is 4.07. The summed E-state index contributed by atoms with van der Waals surface area (Å²) >= 11 is 0. The fourth-order valence-electron chi connectivity index (χ4n) is 3.32. The van der Waals surface area contributed by atoms with E-state index in [2.05, 4.69) is 16.7 Å². The van der Waals surface area contributed by atoms with E-state index in [4.69, 9.17) is 4.74 Å².